The Morgan fingerprint density at radius 3 is 2.38 bits per heavy atom. The molecule has 1 amide bonds. The molecular weight excluding hydrogens is 630 g/mol. The number of hydrogen-bond acceptors (Lipinski definition) is 9. The fraction of sp³-hybridized carbons (Fsp3) is 0.395. The van der Waals surface area contributed by atoms with E-state index in [0.29, 0.717) is 17.9 Å². The number of carbonyl (C=O) groups excluding carboxylic acids is 1. The molecule has 0 spiro atoms. The summed E-state index contributed by atoms with van der Waals surface area (Å²) in [5.74, 6) is 1.31. The van der Waals surface area contributed by atoms with E-state index in [4.69, 9.17) is 8.92 Å². The number of likely N-dealkylation sites (tertiary alicyclic amines) is 1. The van der Waals surface area contributed by atoms with E-state index < -0.39 is 18.3 Å². The molecule has 2 saturated heterocycles. The first-order chi connectivity index (χ1) is 23.2. The van der Waals surface area contributed by atoms with Gasteiger partial charge in [-0.05, 0) is 67.2 Å². The normalized spacial score (nSPS) is 24.2. The maximum Gasteiger partial charge on any atom is 0.230 e. The van der Waals surface area contributed by atoms with Crippen LogP contribution in [0.4, 0.5) is 0 Å². The van der Waals surface area contributed by atoms with E-state index >= 15 is 0 Å². The van der Waals surface area contributed by atoms with Crippen LogP contribution in [-0.4, -0.2) is 73.1 Å². The van der Waals surface area contributed by atoms with Gasteiger partial charge in [-0.25, -0.2) is 0 Å². The van der Waals surface area contributed by atoms with Gasteiger partial charge in [0, 0.05) is 17.7 Å². The number of carbonyl (C=O) groups is 1. The Hall–Kier alpha value is -3.64. The summed E-state index contributed by atoms with van der Waals surface area (Å²) in [5.41, 5.74) is 5.66. The van der Waals surface area contributed by atoms with Gasteiger partial charge in [0.25, 0.3) is 0 Å². The highest BCUT2D eigenvalue weighted by atomic mass is 32.2. The molecule has 0 bridgehead atoms. The van der Waals surface area contributed by atoms with Crippen molar-refractivity contribution in [2.24, 2.45) is 0 Å². The Bertz CT molecular complexity index is 1570. The molecule has 3 aromatic carbocycles. The van der Waals surface area contributed by atoms with Crippen LogP contribution < -0.4 is 4.18 Å². The summed E-state index contributed by atoms with van der Waals surface area (Å²) in [6, 6.07) is 20.9. The first-order valence-corrected chi connectivity index (χ1v) is 17.4. The third-order valence-corrected chi connectivity index (χ3v) is 9.68. The van der Waals surface area contributed by atoms with Crippen molar-refractivity contribution in [1.29, 1.82) is 0 Å². The maximum atomic E-state index is 12.3. The highest BCUT2D eigenvalue weighted by molar-refractivity contribution is 7.95. The zero-order valence-electron chi connectivity index (χ0n) is 27.3. The standard InChI is InChI=1S/C28H31NO7S.C10H14O/c30-15-26-28(34)25(32)13-21(35-26)16-37-36-20-9-6-17(7-10-20)18-8-11-22(24(31)12-18)23-14-27(33)29(23)19-4-2-1-3-5-19;1-3-10(11)9-6-4-8(2)5-7-9/h2,4-12,21,23,25-26,28,30-32,34H,1,3,13-16H2;4-7,10-11H,3H2,1-2H3/t21?,23?,25?,26?,28-;/m0./s1. The minimum atomic E-state index is -1.09. The highest BCUT2D eigenvalue weighted by Crippen LogP contribution is 2.43. The molecule has 256 valence electrons. The average molecular weight is 676 g/mol. The molecule has 48 heavy (non-hydrogen) atoms. The summed E-state index contributed by atoms with van der Waals surface area (Å²) in [6.45, 7) is 3.66. The van der Waals surface area contributed by atoms with E-state index in [0.717, 1.165) is 47.2 Å². The first kappa shape index (κ1) is 35.7. The van der Waals surface area contributed by atoms with Crippen LogP contribution >= 0.6 is 12.0 Å². The number of amides is 1. The van der Waals surface area contributed by atoms with Gasteiger partial charge in [0.1, 0.15) is 23.7 Å². The van der Waals surface area contributed by atoms with Crippen LogP contribution in [0.5, 0.6) is 11.5 Å². The number of nitrogens with zero attached hydrogens (tertiary/aromatic N) is 1. The number of aliphatic hydroxyl groups excluding tert-OH is 4. The molecule has 0 radical (unpaired) electrons. The topological polar surface area (TPSA) is 140 Å². The maximum absolute atomic E-state index is 12.3. The second-order valence-electron chi connectivity index (χ2n) is 12.4. The van der Waals surface area contributed by atoms with Crippen molar-refractivity contribution in [3.63, 3.8) is 0 Å². The summed E-state index contributed by atoms with van der Waals surface area (Å²) in [6.07, 6.45) is 5.98. The molecule has 3 aliphatic rings. The molecule has 1 aliphatic carbocycles. The zero-order valence-corrected chi connectivity index (χ0v) is 28.1. The SMILES string of the molecule is CCC(O)c1ccc(C)cc1.O=C1CC(c2ccc(-c3ccc(OSCC4CC(O)[C@H](O)C(CO)O4)cc3)cc2O)N1C1=CCCC=C1. The van der Waals surface area contributed by atoms with Crippen LogP contribution in [0.1, 0.15) is 67.9 Å². The summed E-state index contributed by atoms with van der Waals surface area (Å²) in [5, 5.41) is 49.3. The Balaban J connectivity index is 0.000000349. The summed E-state index contributed by atoms with van der Waals surface area (Å²) < 4.78 is 11.4. The number of aryl methyl sites for hydroxylation is 1. The number of hydrogen-bond donors (Lipinski definition) is 5. The lowest BCUT2D eigenvalue weighted by Gasteiger charge is -2.42. The third-order valence-electron chi connectivity index (χ3n) is 8.86. The van der Waals surface area contributed by atoms with Crippen molar-refractivity contribution < 1.29 is 39.2 Å². The Morgan fingerprint density at radius 1 is 1.02 bits per heavy atom. The number of rotatable bonds is 10. The Labute approximate surface area is 286 Å². The minimum absolute atomic E-state index is 0.0665. The Morgan fingerprint density at radius 2 is 1.75 bits per heavy atom. The van der Waals surface area contributed by atoms with E-state index in [2.05, 4.69) is 12.2 Å². The van der Waals surface area contributed by atoms with Crippen LogP contribution in [0.25, 0.3) is 11.1 Å². The van der Waals surface area contributed by atoms with Crippen molar-refractivity contribution in [1.82, 2.24) is 4.90 Å². The fourth-order valence-electron chi connectivity index (χ4n) is 5.98. The zero-order chi connectivity index (χ0) is 34.2. The van der Waals surface area contributed by atoms with Gasteiger partial charge in [0.15, 0.2) is 0 Å². The molecule has 6 atom stereocenters. The van der Waals surface area contributed by atoms with E-state index in [9.17, 15) is 30.3 Å². The predicted octanol–water partition coefficient (Wildman–Crippen LogP) is 5.90. The van der Waals surface area contributed by atoms with Gasteiger partial charge in [0.05, 0.1) is 55.2 Å². The van der Waals surface area contributed by atoms with Gasteiger partial charge in [-0.2, -0.15) is 0 Å². The molecule has 10 heteroatoms. The molecular formula is C38H45NO8S. The lowest BCUT2D eigenvalue weighted by atomic mass is 9.90. The molecule has 5 N–H and O–H groups in total. The third kappa shape index (κ3) is 8.68. The molecule has 9 nitrogen and oxygen atoms in total. The van der Waals surface area contributed by atoms with Gasteiger partial charge in [-0.15, -0.1) is 0 Å². The molecule has 2 heterocycles. The number of benzene rings is 3. The number of β-lactam (4-membered cyclic amide) rings is 1. The van der Waals surface area contributed by atoms with E-state index in [1.165, 1.54) is 17.6 Å². The van der Waals surface area contributed by atoms with Crippen LogP contribution in [0.2, 0.25) is 0 Å². The van der Waals surface area contributed by atoms with Gasteiger partial charge in [-0.1, -0.05) is 73.2 Å². The number of phenolic OH excluding ortho intramolecular Hbond substituents is 1. The molecule has 0 aromatic heterocycles. The molecule has 2 aliphatic heterocycles. The van der Waals surface area contributed by atoms with E-state index in [1.54, 1.807) is 11.0 Å². The number of aliphatic hydroxyl groups is 4. The summed E-state index contributed by atoms with van der Waals surface area (Å²) in [4.78, 5) is 14.0. The number of aromatic hydroxyl groups is 1. The fourth-order valence-corrected chi connectivity index (χ4v) is 6.66. The van der Waals surface area contributed by atoms with Crippen LogP contribution in [0.15, 0.2) is 90.7 Å². The molecule has 3 aromatic rings. The average Bonchev–Trinajstić information content (AvgIpc) is 3.10. The molecule has 0 saturated carbocycles. The number of ether oxygens (including phenoxy) is 1. The van der Waals surface area contributed by atoms with Crippen molar-refractivity contribution in [2.45, 2.75) is 82.5 Å². The van der Waals surface area contributed by atoms with Crippen LogP contribution in [0, 0.1) is 6.92 Å². The van der Waals surface area contributed by atoms with E-state index in [-0.39, 0.29) is 42.9 Å². The second kappa shape index (κ2) is 16.6. The van der Waals surface area contributed by atoms with Crippen molar-refractivity contribution in [3.05, 3.63) is 107 Å². The van der Waals surface area contributed by atoms with E-state index in [1.807, 2.05) is 80.6 Å². The summed E-state index contributed by atoms with van der Waals surface area (Å²) >= 11 is 1.18. The number of phenols is 1. The van der Waals surface area contributed by atoms with Crippen molar-refractivity contribution >= 4 is 17.9 Å². The minimum Gasteiger partial charge on any atom is -0.508 e. The second-order valence-corrected chi connectivity index (χ2v) is 13.1. The Kier molecular flexibility index (Phi) is 12.4. The van der Waals surface area contributed by atoms with Gasteiger partial charge in [-0.3, -0.25) is 4.79 Å². The lowest BCUT2D eigenvalue weighted by molar-refractivity contribution is -0.173. The highest BCUT2D eigenvalue weighted by Gasteiger charge is 2.40. The molecule has 6 rings (SSSR count). The quantitative estimate of drug-likeness (QED) is 0.131. The molecule has 5 unspecified atom stereocenters. The predicted molar refractivity (Wildman–Crippen MR) is 186 cm³/mol. The van der Waals surface area contributed by atoms with Gasteiger partial charge in [0.2, 0.25) is 5.91 Å². The lowest BCUT2D eigenvalue weighted by Crippen LogP contribution is -2.50. The summed E-state index contributed by atoms with van der Waals surface area (Å²) in [7, 11) is 0. The smallest absolute Gasteiger partial charge is 0.230 e. The van der Waals surface area contributed by atoms with Gasteiger partial charge < -0.3 is 39.4 Å². The van der Waals surface area contributed by atoms with Crippen molar-refractivity contribution in [2.75, 3.05) is 12.4 Å². The van der Waals surface area contributed by atoms with Crippen molar-refractivity contribution in [3.8, 4) is 22.6 Å². The molecule has 2 fully saturated rings. The van der Waals surface area contributed by atoms with Crippen LogP contribution in [-0.2, 0) is 9.53 Å². The number of allylic oxidation sites excluding steroid dienone is 3. The first-order valence-electron chi connectivity index (χ1n) is 16.5. The largest absolute Gasteiger partial charge is 0.508 e. The van der Waals surface area contributed by atoms with Crippen LogP contribution in [0.3, 0.4) is 0 Å². The van der Waals surface area contributed by atoms with Gasteiger partial charge >= 0.3 is 0 Å². The monoisotopic (exact) mass is 675 g/mol.